The minimum absolute atomic E-state index is 0.834. The van der Waals surface area contributed by atoms with Crippen molar-refractivity contribution >= 4 is 19.8 Å². The quantitative estimate of drug-likeness (QED) is 0.356. The smallest absolute Gasteiger partial charge is 0.242 e. The second-order valence-electron chi connectivity index (χ2n) is 7.33. The standard InChI is InChI=1S/C21H25N3OSi/c1-16-11-12-20(25-26(3,4)5)19(15-16)23-21(18-9-7-6-8-10-18)24-14-13-22-17(24)2/h6-15H,1-5H3. The Balaban J connectivity index is 2.18. The first-order valence-corrected chi connectivity index (χ1v) is 12.2. The highest BCUT2D eigenvalue weighted by Gasteiger charge is 2.19. The zero-order chi connectivity index (χ0) is 18.7. The van der Waals surface area contributed by atoms with Gasteiger partial charge < -0.3 is 4.43 Å². The molecule has 0 aliphatic heterocycles. The first-order valence-electron chi connectivity index (χ1n) is 8.77. The zero-order valence-corrected chi connectivity index (χ0v) is 17.0. The van der Waals surface area contributed by atoms with Gasteiger partial charge in [-0.1, -0.05) is 36.4 Å². The maximum absolute atomic E-state index is 6.28. The third kappa shape index (κ3) is 4.29. The molecular weight excluding hydrogens is 338 g/mol. The Labute approximate surface area is 156 Å². The monoisotopic (exact) mass is 363 g/mol. The summed E-state index contributed by atoms with van der Waals surface area (Å²) in [5.41, 5.74) is 3.04. The highest BCUT2D eigenvalue weighted by molar-refractivity contribution is 6.70. The van der Waals surface area contributed by atoms with Gasteiger partial charge in [-0.3, -0.25) is 4.57 Å². The molecule has 2 aromatic carbocycles. The van der Waals surface area contributed by atoms with E-state index in [0.29, 0.717) is 0 Å². The van der Waals surface area contributed by atoms with Gasteiger partial charge in [-0.05, 0) is 51.2 Å². The summed E-state index contributed by atoms with van der Waals surface area (Å²) in [5, 5.41) is 0. The number of rotatable bonds is 4. The molecule has 0 unspecified atom stereocenters. The molecule has 0 bridgehead atoms. The molecule has 0 aliphatic rings. The molecule has 0 amide bonds. The van der Waals surface area contributed by atoms with Gasteiger partial charge in [0.25, 0.3) is 0 Å². The Morgan fingerprint density at radius 2 is 1.77 bits per heavy atom. The van der Waals surface area contributed by atoms with E-state index >= 15 is 0 Å². The lowest BCUT2D eigenvalue weighted by molar-refractivity contribution is 0.559. The summed E-state index contributed by atoms with van der Waals surface area (Å²) in [4.78, 5) is 9.38. The molecule has 5 heteroatoms. The van der Waals surface area contributed by atoms with Crippen LogP contribution in [-0.4, -0.2) is 23.7 Å². The summed E-state index contributed by atoms with van der Waals surface area (Å²) < 4.78 is 8.29. The van der Waals surface area contributed by atoms with Crippen LogP contribution in [0.4, 0.5) is 5.69 Å². The average molecular weight is 364 g/mol. The molecule has 26 heavy (non-hydrogen) atoms. The predicted octanol–water partition coefficient (Wildman–Crippen LogP) is 5.34. The number of aromatic nitrogens is 2. The number of aliphatic imine (C=N–C) groups is 1. The van der Waals surface area contributed by atoms with Crippen LogP contribution in [0.2, 0.25) is 19.6 Å². The van der Waals surface area contributed by atoms with Crippen LogP contribution in [0.5, 0.6) is 5.75 Å². The van der Waals surface area contributed by atoms with Gasteiger partial charge >= 0.3 is 0 Å². The van der Waals surface area contributed by atoms with Crippen LogP contribution < -0.4 is 4.43 Å². The van der Waals surface area contributed by atoms with Crippen molar-refractivity contribution in [3.05, 3.63) is 77.9 Å². The van der Waals surface area contributed by atoms with Crippen molar-refractivity contribution in [3.63, 3.8) is 0 Å². The van der Waals surface area contributed by atoms with Crippen LogP contribution >= 0.6 is 0 Å². The lowest BCUT2D eigenvalue weighted by Crippen LogP contribution is -2.29. The Hall–Kier alpha value is -2.66. The lowest BCUT2D eigenvalue weighted by Gasteiger charge is -2.21. The van der Waals surface area contributed by atoms with E-state index in [1.165, 1.54) is 0 Å². The normalized spacial score (nSPS) is 12.3. The summed E-state index contributed by atoms with van der Waals surface area (Å²) in [7, 11) is -1.74. The summed E-state index contributed by atoms with van der Waals surface area (Å²) >= 11 is 0. The third-order valence-electron chi connectivity index (χ3n) is 3.84. The van der Waals surface area contributed by atoms with Crippen molar-refractivity contribution in [3.8, 4) is 5.75 Å². The highest BCUT2D eigenvalue weighted by Crippen LogP contribution is 2.31. The van der Waals surface area contributed by atoms with Crippen molar-refractivity contribution in [1.29, 1.82) is 0 Å². The number of hydrogen-bond donors (Lipinski definition) is 0. The molecule has 0 saturated heterocycles. The van der Waals surface area contributed by atoms with Crippen molar-refractivity contribution < 1.29 is 4.43 Å². The SMILES string of the molecule is Cc1ccc(O[Si](C)(C)C)c(N=C(c2ccccc2)n2ccnc2C)c1. The molecular formula is C21H25N3OSi. The largest absolute Gasteiger partial charge is 0.543 e. The van der Waals surface area contributed by atoms with E-state index in [-0.39, 0.29) is 0 Å². The number of nitrogens with zero attached hydrogens (tertiary/aromatic N) is 3. The molecule has 4 nitrogen and oxygen atoms in total. The lowest BCUT2D eigenvalue weighted by atomic mass is 10.2. The highest BCUT2D eigenvalue weighted by atomic mass is 28.4. The fourth-order valence-corrected chi connectivity index (χ4v) is 3.52. The van der Waals surface area contributed by atoms with Gasteiger partial charge in [0.05, 0.1) is 0 Å². The molecule has 1 aromatic heterocycles. The number of aryl methyl sites for hydroxylation is 2. The second kappa shape index (κ2) is 7.29. The summed E-state index contributed by atoms with van der Waals surface area (Å²) in [6, 6.07) is 16.3. The number of imidazole rings is 1. The topological polar surface area (TPSA) is 39.4 Å². The molecule has 3 rings (SSSR count). The van der Waals surface area contributed by atoms with E-state index in [0.717, 1.165) is 34.2 Å². The van der Waals surface area contributed by atoms with E-state index in [4.69, 9.17) is 9.42 Å². The fraction of sp³-hybridized carbons (Fsp3) is 0.238. The first kappa shape index (κ1) is 18.1. The number of hydrogen-bond acceptors (Lipinski definition) is 3. The van der Waals surface area contributed by atoms with Gasteiger partial charge in [-0.2, -0.15) is 0 Å². The fourth-order valence-electron chi connectivity index (χ4n) is 2.69. The molecule has 0 N–H and O–H groups in total. The maximum Gasteiger partial charge on any atom is 0.242 e. The molecule has 0 saturated carbocycles. The summed E-state index contributed by atoms with van der Waals surface area (Å²) in [6.45, 7) is 10.6. The van der Waals surface area contributed by atoms with Crippen LogP contribution in [0.25, 0.3) is 0 Å². The molecule has 0 radical (unpaired) electrons. The van der Waals surface area contributed by atoms with Gasteiger partial charge in [-0.15, -0.1) is 0 Å². The molecule has 3 aromatic rings. The van der Waals surface area contributed by atoms with E-state index in [1.807, 2.05) is 42.0 Å². The van der Waals surface area contributed by atoms with Crippen LogP contribution in [0, 0.1) is 13.8 Å². The predicted molar refractivity (Wildman–Crippen MR) is 110 cm³/mol. The molecule has 0 fully saturated rings. The van der Waals surface area contributed by atoms with Crippen molar-refractivity contribution in [1.82, 2.24) is 9.55 Å². The van der Waals surface area contributed by atoms with Gasteiger partial charge in [0, 0.05) is 18.0 Å². The number of benzene rings is 2. The van der Waals surface area contributed by atoms with E-state index in [1.54, 1.807) is 6.20 Å². The van der Waals surface area contributed by atoms with Crippen LogP contribution in [0.1, 0.15) is 17.0 Å². The summed E-state index contributed by atoms with van der Waals surface area (Å²) in [5.74, 6) is 2.57. The van der Waals surface area contributed by atoms with Gasteiger partial charge in [0.15, 0.2) is 0 Å². The minimum Gasteiger partial charge on any atom is -0.543 e. The van der Waals surface area contributed by atoms with Crippen molar-refractivity contribution in [2.45, 2.75) is 33.5 Å². The van der Waals surface area contributed by atoms with E-state index < -0.39 is 8.32 Å². The Bertz CT molecular complexity index is 924. The Kier molecular flexibility index (Phi) is 5.09. The average Bonchev–Trinajstić information content (AvgIpc) is 3.00. The van der Waals surface area contributed by atoms with Crippen LogP contribution in [0.15, 0.2) is 65.9 Å². The third-order valence-corrected chi connectivity index (χ3v) is 4.68. The molecule has 1 heterocycles. The summed E-state index contributed by atoms with van der Waals surface area (Å²) in [6.07, 6.45) is 3.74. The molecule has 0 spiro atoms. The van der Waals surface area contributed by atoms with Crippen molar-refractivity contribution in [2.75, 3.05) is 0 Å². The van der Waals surface area contributed by atoms with Crippen LogP contribution in [-0.2, 0) is 0 Å². The molecule has 0 atom stereocenters. The van der Waals surface area contributed by atoms with Gasteiger partial charge in [-0.25, -0.2) is 9.98 Å². The van der Waals surface area contributed by atoms with Crippen molar-refractivity contribution in [2.24, 2.45) is 4.99 Å². The van der Waals surface area contributed by atoms with E-state index in [2.05, 4.69) is 55.8 Å². The Morgan fingerprint density at radius 1 is 1.04 bits per heavy atom. The van der Waals surface area contributed by atoms with Crippen LogP contribution in [0.3, 0.4) is 0 Å². The first-order chi connectivity index (χ1) is 12.3. The second-order valence-corrected chi connectivity index (χ2v) is 11.8. The van der Waals surface area contributed by atoms with Gasteiger partial charge in [0.2, 0.25) is 8.32 Å². The van der Waals surface area contributed by atoms with E-state index in [9.17, 15) is 0 Å². The maximum atomic E-state index is 6.28. The Morgan fingerprint density at radius 3 is 2.38 bits per heavy atom. The molecule has 134 valence electrons. The van der Waals surface area contributed by atoms with Gasteiger partial charge in [0.1, 0.15) is 23.1 Å². The minimum atomic E-state index is -1.74. The molecule has 0 aliphatic carbocycles. The zero-order valence-electron chi connectivity index (χ0n) is 16.0.